The van der Waals surface area contributed by atoms with Crippen LogP contribution in [-0.4, -0.2) is 70.4 Å². The van der Waals surface area contributed by atoms with Crippen LogP contribution in [0.3, 0.4) is 0 Å². The molecule has 2 saturated heterocycles. The lowest BCUT2D eigenvalue weighted by Gasteiger charge is -2.31. The zero-order valence-electron chi connectivity index (χ0n) is 18.6. The van der Waals surface area contributed by atoms with Crippen LogP contribution in [-0.2, 0) is 24.0 Å². The van der Waals surface area contributed by atoms with Crippen LogP contribution in [0.2, 0.25) is 0 Å². The number of amides is 4. The average Bonchev–Trinajstić information content (AvgIpc) is 3.18. The highest BCUT2D eigenvalue weighted by Crippen LogP contribution is 2.32. The molecule has 0 saturated carbocycles. The maximum Gasteiger partial charge on any atom is 0.245 e. The Bertz CT molecular complexity index is 729. The number of hydrogen-bond acceptors (Lipinski definition) is 5. The highest BCUT2D eigenvalue weighted by atomic mass is 16.2. The summed E-state index contributed by atoms with van der Waals surface area (Å²) in [4.78, 5) is 64.5. The minimum absolute atomic E-state index is 0.0597. The first kappa shape index (κ1) is 23.8. The van der Waals surface area contributed by atoms with Gasteiger partial charge in [0.2, 0.25) is 23.6 Å². The molecule has 4 atom stereocenters. The molecule has 9 nitrogen and oxygen atoms in total. The van der Waals surface area contributed by atoms with Gasteiger partial charge in [-0.25, -0.2) is 0 Å². The van der Waals surface area contributed by atoms with E-state index in [0.717, 1.165) is 0 Å². The maximum atomic E-state index is 13.2. The van der Waals surface area contributed by atoms with Crippen LogP contribution in [0.25, 0.3) is 0 Å². The predicted molar refractivity (Wildman–Crippen MR) is 110 cm³/mol. The first-order valence-electron chi connectivity index (χ1n) is 10.5. The number of nitrogens with one attached hydrogen (secondary N) is 1. The molecule has 2 aliphatic heterocycles. The molecule has 0 aromatic rings. The van der Waals surface area contributed by atoms with Crippen molar-refractivity contribution in [2.45, 2.75) is 78.4 Å². The third-order valence-electron chi connectivity index (χ3n) is 5.79. The van der Waals surface area contributed by atoms with E-state index >= 15 is 0 Å². The second-order valence-electron chi connectivity index (χ2n) is 9.68. The Kier molecular flexibility index (Phi) is 7.26. The standard InChI is InChI=1S/C21H34N4O5/c1-12(19(22)29)6-7-17(28)24-9-8-15-18(24)16(27)11-25(15)20(30)14(23-13(2)26)10-21(3,4)5/h12,14-15,18H,6-11H2,1-5H3,(H2,22,29)(H,23,26). The van der Waals surface area contributed by atoms with Crippen molar-refractivity contribution < 1.29 is 24.0 Å². The molecule has 2 fully saturated rings. The van der Waals surface area contributed by atoms with Gasteiger partial charge in [0.1, 0.15) is 12.1 Å². The number of primary amides is 1. The van der Waals surface area contributed by atoms with Crippen molar-refractivity contribution in [2.75, 3.05) is 13.1 Å². The van der Waals surface area contributed by atoms with E-state index in [4.69, 9.17) is 5.73 Å². The van der Waals surface area contributed by atoms with E-state index in [0.29, 0.717) is 25.8 Å². The molecule has 0 aromatic carbocycles. The molecule has 0 spiro atoms. The number of likely N-dealkylation sites (tertiary alicyclic amines) is 2. The van der Waals surface area contributed by atoms with Crippen molar-refractivity contribution >= 4 is 29.4 Å². The van der Waals surface area contributed by atoms with Crippen molar-refractivity contribution in [3.8, 4) is 0 Å². The molecule has 0 bridgehead atoms. The smallest absolute Gasteiger partial charge is 0.245 e. The zero-order chi connectivity index (χ0) is 22.8. The van der Waals surface area contributed by atoms with E-state index in [9.17, 15) is 24.0 Å². The fraction of sp³-hybridized carbons (Fsp3) is 0.762. The molecular weight excluding hydrogens is 388 g/mol. The summed E-state index contributed by atoms with van der Waals surface area (Å²) in [6, 6.07) is -1.74. The van der Waals surface area contributed by atoms with E-state index in [1.54, 1.807) is 6.92 Å². The Morgan fingerprint density at radius 3 is 2.37 bits per heavy atom. The van der Waals surface area contributed by atoms with Gasteiger partial charge in [-0.1, -0.05) is 27.7 Å². The highest BCUT2D eigenvalue weighted by molar-refractivity contribution is 5.99. The van der Waals surface area contributed by atoms with E-state index in [-0.39, 0.29) is 47.9 Å². The molecule has 0 radical (unpaired) electrons. The summed E-state index contributed by atoms with van der Waals surface area (Å²) < 4.78 is 0. The van der Waals surface area contributed by atoms with Crippen LogP contribution in [0.4, 0.5) is 0 Å². The Labute approximate surface area is 177 Å². The van der Waals surface area contributed by atoms with Crippen LogP contribution in [0.5, 0.6) is 0 Å². The van der Waals surface area contributed by atoms with Gasteiger partial charge in [-0.2, -0.15) is 0 Å². The number of Topliss-reactive ketones (excluding diaryl/α,β-unsaturated/α-hetero) is 1. The van der Waals surface area contributed by atoms with Gasteiger partial charge in [-0.05, 0) is 24.7 Å². The van der Waals surface area contributed by atoms with Crippen LogP contribution in [0.1, 0.15) is 60.3 Å². The quantitative estimate of drug-likeness (QED) is 0.606. The van der Waals surface area contributed by atoms with E-state index in [2.05, 4.69) is 5.32 Å². The van der Waals surface area contributed by atoms with E-state index in [1.807, 2.05) is 20.8 Å². The lowest BCUT2D eigenvalue weighted by molar-refractivity contribution is -0.138. The minimum atomic E-state index is -0.713. The Morgan fingerprint density at radius 1 is 1.20 bits per heavy atom. The van der Waals surface area contributed by atoms with Gasteiger partial charge >= 0.3 is 0 Å². The first-order chi connectivity index (χ1) is 13.8. The number of carbonyl (C=O) groups excluding carboxylic acids is 5. The van der Waals surface area contributed by atoms with Crippen LogP contribution < -0.4 is 11.1 Å². The Balaban J connectivity index is 2.11. The van der Waals surface area contributed by atoms with Gasteiger partial charge in [0.15, 0.2) is 5.78 Å². The van der Waals surface area contributed by atoms with Crippen LogP contribution in [0.15, 0.2) is 0 Å². The minimum Gasteiger partial charge on any atom is -0.369 e. The second kappa shape index (κ2) is 9.14. The largest absolute Gasteiger partial charge is 0.369 e. The van der Waals surface area contributed by atoms with Crippen LogP contribution >= 0.6 is 0 Å². The number of nitrogens with two attached hydrogens (primary N) is 1. The zero-order valence-corrected chi connectivity index (χ0v) is 18.6. The first-order valence-corrected chi connectivity index (χ1v) is 10.5. The molecule has 168 valence electrons. The summed E-state index contributed by atoms with van der Waals surface area (Å²) in [6.45, 7) is 9.31. The number of hydrogen-bond donors (Lipinski definition) is 2. The molecule has 2 heterocycles. The monoisotopic (exact) mass is 422 g/mol. The van der Waals surface area contributed by atoms with Gasteiger partial charge in [-0.15, -0.1) is 0 Å². The summed E-state index contributed by atoms with van der Waals surface area (Å²) in [6.07, 6.45) is 1.42. The summed E-state index contributed by atoms with van der Waals surface area (Å²) in [5, 5.41) is 2.72. The molecule has 9 heteroatoms. The Morgan fingerprint density at radius 2 is 1.83 bits per heavy atom. The summed E-state index contributed by atoms with van der Waals surface area (Å²) in [5.74, 6) is -1.82. The van der Waals surface area contributed by atoms with E-state index in [1.165, 1.54) is 16.7 Å². The molecule has 4 unspecified atom stereocenters. The van der Waals surface area contributed by atoms with Gasteiger partial charge in [0.25, 0.3) is 0 Å². The molecule has 4 amide bonds. The fourth-order valence-electron chi connectivity index (χ4n) is 4.27. The number of nitrogens with zero attached hydrogens (tertiary/aromatic N) is 2. The lowest BCUT2D eigenvalue weighted by Crippen LogP contribution is -2.51. The van der Waals surface area contributed by atoms with Gasteiger partial charge in [0.05, 0.1) is 12.6 Å². The molecular formula is C21H34N4O5. The summed E-state index contributed by atoms with van der Waals surface area (Å²) in [5.41, 5.74) is 5.06. The van der Waals surface area contributed by atoms with Crippen LogP contribution in [0, 0.1) is 11.3 Å². The molecule has 2 aliphatic rings. The number of fused-ring (bicyclic) bond motifs is 1. The van der Waals surface area contributed by atoms with Gasteiger partial charge < -0.3 is 20.9 Å². The summed E-state index contributed by atoms with van der Waals surface area (Å²) in [7, 11) is 0. The Hall–Kier alpha value is -2.45. The van der Waals surface area contributed by atoms with Crippen molar-refractivity contribution in [1.29, 1.82) is 0 Å². The second-order valence-corrected chi connectivity index (χ2v) is 9.68. The normalized spacial score (nSPS) is 23.2. The SMILES string of the molecule is CC(=O)NC(CC(C)(C)C)C(=O)N1CC(=O)C2C1CCN2C(=O)CCC(C)C(N)=O. The van der Waals surface area contributed by atoms with Gasteiger partial charge in [-0.3, -0.25) is 24.0 Å². The predicted octanol–water partition coefficient (Wildman–Crippen LogP) is 0.210. The molecule has 0 aliphatic carbocycles. The summed E-state index contributed by atoms with van der Waals surface area (Å²) >= 11 is 0. The van der Waals surface area contributed by atoms with Crippen molar-refractivity contribution in [1.82, 2.24) is 15.1 Å². The van der Waals surface area contributed by atoms with Crippen molar-refractivity contribution in [2.24, 2.45) is 17.1 Å². The number of ketones is 1. The third kappa shape index (κ3) is 5.58. The number of carbonyl (C=O) groups is 5. The van der Waals surface area contributed by atoms with Gasteiger partial charge in [0, 0.05) is 25.8 Å². The molecule has 0 aromatic heterocycles. The molecule has 2 rings (SSSR count). The topological polar surface area (TPSA) is 130 Å². The lowest BCUT2D eigenvalue weighted by atomic mass is 9.87. The maximum absolute atomic E-state index is 13.2. The van der Waals surface area contributed by atoms with Crippen molar-refractivity contribution in [3.63, 3.8) is 0 Å². The molecule has 3 N–H and O–H groups in total. The third-order valence-corrected chi connectivity index (χ3v) is 5.79. The van der Waals surface area contributed by atoms with Crippen molar-refractivity contribution in [3.05, 3.63) is 0 Å². The number of rotatable bonds is 7. The average molecular weight is 423 g/mol. The highest BCUT2D eigenvalue weighted by Gasteiger charge is 2.52. The fourth-order valence-corrected chi connectivity index (χ4v) is 4.27. The van der Waals surface area contributed by atoms with E-state index < -0.39 is 23.9 Å². The molecule has 30 heavy (non-hydrogen) atoms.